The van der Waals surface area contributed by atoms with Crippen molar-refractivity contribution in [2.24, 2.45) is 0 Å². The number of hydrogen-bond donors (Lipinski definition) is 1. The highest BCUT2D eigenvalue weighted by Crippen LogP contribution is 2.31. The zero-order valence-electron chi connectivity index (χ0n) is 12.8. The number of carboxylic acids is 1. The molecule has 0 spiro atoms. The standard InChI is InChI=1S/C17H15NO5S/c1-2-23-15-6-4-3-5-12(15)11-16(17(19)20)24-14-9-7-13(8-10-14)18(21)22/h3-11H,2H2,1H3,(H,19,20)/b16-11+. The third kappa shape index (κ3) is 4.60. The van der Waals surface area contributed by atoms with E-state index in [1.165, 1.54) is 30.3 Å². The minimum Gasteiger partial charge on any atom is -0.493 e. The number of nitrogens with zero attached hydrogens (tertiary/aromatic N) is 1. The summed E-state index contributed by atoms with van der Waals surface area (Å²) in [6.45, 7) is 2.33. The fourth-order valence-electron chi connectivity index (χ4n) is 1.93. The molecule has 7 heteroatoms. The molecule has 6 nitrogen and oxygen atoms in total. The van der Waals surface area contributed by atoms with Gasteiger partial charge >= 0.3 is 5.97 Å². The zero-order chi connectivity index (χ0) is 17.5. The predicted octanol–water partition coefficient (Wildman–Crippen LogP) is 4.21. The Balaban J connectivity index is 2.29. The van der Waals surface area contributed by atoms with Gasteiger partial charge < -0.3 is 9.84 Å². The third-order valence-electron chi connectivity index (χ3n) is 2.99. The van der Waals surface area contributed by atoms with Gasteiger partial charge in [-0.25, -0.2) is 4.79 Å². The molecule has 0 heterocycles. The number of benzene rings is 2. The lowest BCUT2D eigenvalue weighted by Gasteiger charge is -2.08. The van der Waals surface area contributed by atoms with Crippen LogP contribution < -0.4 is 4.74 Å². The van der Waals surface area contributed by atoms with Crippen LogP contribution in [0.4, 0.5) is 5.69 Å². The SMILES string of the molecule is CCOc1ccccc1/C=C(/Sc1ccc([N+](=O)[O-])cc1)C(=O)O. The Morgan fingerprint density at radius 3 is 2.50 bits per heavy atom. The first-order chi connectivity index (χ1) is 11.5. The molecule has 124 valence electrons. The fraction of sp³-hybridized carbons (Fsp3) is 0.118. The van der Waals surface area contributed by atoms with Crippen LogP contribution in [0.5, 0.6) is 5.75 Å². The van der Waals surface area contributed by atoms with Gasteiger partial charge in [-0.1, -0.05) is 30.0 Å². The Morgan fingerprint density at radius 1 is 1.25 bits per heavy atom. The number of rotatable bonds is 7. The van der Waals surface area contributed by atoms with Crippen molar-refractivity contribution in [2.45, 2.75) is 11.8 Å². The highest BCUT2D eigenvalue weighted by atomic mass is 32.2. The van der Waals surface area contributed by atoms with Gasteiger partial charge in [0.2, 0.25) is 0 Å². The van der Waals surface area contributed by atoms with Gasteiger partial charge in [0.15, 0.2) is 0 Å². The molecule has 0 unspecified atom stereocenters. The molecule has 0 radical (unpaired) electrons. The molecule has 0 aliphatic carbocycles. The average molecular weight is 345 g/mol. The summed E-state index contributed by atoms with van der Waals surface area (Å²) >= 11 is 1.02. The maximum Gasteiger partial charge on any atom is 0.342 e. The lowest BCUT2D eigenvalue weighted by Crippen LogP contribution is -1.98. The first-order valence-electron chi connectivity index (χ1n) is 7.10. The van der Waals surface area contributed by atoms with Crippen LogP contribution in [0.15, 0.2) is 58.3 Å². The van der Waals surface area contributed by atoms with Crippen LogP contribution in [-0.2, 0) is 4.79 Å². The number of ether oxygens (including phenoxy) is 1. The van der Waals surface area contributed by atoms with Crippen molar-refractivity contribution in [2.75, 3.05) is 6.61 Å². The molecule has 2 aromatic rings. The Hall–Kier alpha value is -2.80. The fourth-order valence-corrected chi connectivity index (χ4v) is 2.72. The maximum absolute atomic E-state index is 11.5. The number of carboxylic acid groups (broad SMARTS) is 1. The minimum absolute atomic E-state index is 0.0399. The zero-order valence-corrected chi connectivity index (χ0v) is 13.7. The topological polar surface area (TPSA) is 89.7 Å². The van der Waals surface area contributed by atoms with Gasteiger partial charge in [0.05, 0.1) is 16.4 Å². The van der Waals surface area contributed by atoms with Crippen molar-refractivity contribution in [1.82, 2.24) is 0 Å². The van der Waals surface area contributed by atoms with Gasteiger partial charge in [-0.2, -0.15) is 0 Å². The summed E-state index contributed by atoms with van der Waals surface area (Å²) in [5, 5.41) is 20.1. The molecule has 0 saturated heterocycles. The van der Waals surface area contributed by atoms with Crippen LogP contribution in [0.25, 0.3) is 6.08 Å². The lowest BCUT2D eigenvalue weighted by molar-refractivity contribution is -0.384. The van der Waals surface area contributed by atoms with Crippen molar-refractivity contribution in [3.8, 4) is 5.75 Å². The van der Waals surface area contributed by atoms with E-state index in [2.05, 4.69) is 0 Å². The van der Waals surface area contributed by atoms with Crippen LogP contribution in [0.3, 0.4) is 0 Å². The van der Waals surface area contributed by atoms with Crippen molar-refractivity contribution in [3.63, 3.8) is 0 Å². The number of nitro benzene ring substituents is 1. The molecule has 0 aliphatic heterocycles. The molecule has 2 aromatic carbocycles. The molecule has 0 aliphatic rings. The molecule has 0 aromatic heterocycles. The van der Waals surface area contributed by atoms with E-state index in [4.69, 9.17) is 4.74 Å². The number of para-hydroxylation sites is 1. The van der Waals surface area contributed by atoms with E-state index in [-0.39, 0.29) is 10.6 Å². The van der Waals surface area contributed by atoms with E-state index < -0.39 is 10.9 Å². The highest BCUT2D eigenvalue weighted by Gasteiger charge is 2.13. The van der Waals surface area contributed by atoms with Gasteiger partial charge in [-0.3, -0.25) is 10.1 Å². The third-order valence-corrected chi connectivity index (χ3v) is 4.01. The summed E-state index contributed by atoms with van der Waals surface area (Å²) in [6.07, 6.45) is 1.53. The molecule has 1 N–H and O–H groups in total. The van der Waals surface area contributed by atoms with Crippen LogP contribution in [-0.4, -0.2) is 22.6 Å². The molecule has 0 fully saturated rings. The maximum atomic E-state index is 11.5. The molecule has 0 saturated carbocycles. The van der Waals surface area contributed by atoms with Crippen molar-refractivity contribution in [1.29, 1.82) is 0 Å². The Labute approximate surface area is 142 Å². The number of thioether (sulfide) groups is 1. The molecular weight excluding hydrogens is 330 g/mol. The van der Waals surface area contributed by atoms with Gasteiger partial charge in [0.1, 0.15) is 5.75 Å². The van der Waals surface area contributed by atoms with Gasteiger partial charge in [0, 0.05) is 22.6 Å². The Kier molecular flexibility index (Phi) is 5.97. The van der Waals surface area contributed by atoms with E-state index in [1.807, 2.05) is 13.0 Å². The number of aliphatic carboxylic acids is 1. The van der Waals surface area contributed by atoms with Gasteiger partial charge in [0.25, 0.3) is 5.69 Å². The quantitative estimate of drug-likeness (QED) is 0.350. The first-order valence-corrected chi connectivity index (χ1v) is 7.92. The molecular formula is C17H15NO5S. The summed E-state index contributed by atoms with van der Waals surface area (Å²) in [7, 11) is 0. The summed E-state index contributed by atoms with van der Waals surface area (Å²) in [5.74, 6) is -0.479. The highest BCUT2D eigenvalue weighted by molar-refractivity contribution is 8.04. The van der Waals surface area contributed by atoms with E-state index in [0.717, 1.165) is 11.8 Å². The van der Waals surface area contributed by atoms with Crippen LogP contribution in [0, 0.1) is 10.1 Å². The second kappa shape index (κ2) is 8.16. The Morgan fingerprint density at radius 2 is 1.92 bits per heavy atom. The summed E-state index contributed by atoms with van der Waals surface area (Å²) in [6, 6.07) is 12.9. The van der Waals surface area contributed by atoms with Crippen molar-refractivity contribution >= 4 is 29.5 Å². The molecule has 0 bridgehead atoms. The van der Waals surface area contributed by atoms with Crippen LogP contribution >= 0.6 is 11.8 Å². The molecule has 0 atom stereocenters. The minimum atomic E-state index is -1.08. The van der Waals surface area contributed by atoms with Crippen molar-refractivity contribution in [3.05, 3.63) is 69.1 Å². The molecule has 2 rings (SSSR count). The number of non-ortho nitro benzene ring substituents is 1. The predicted molar refractivity (Wildman–Crippen MR) is 92.2 cm³/mol. The van der Waals surface area contributed by atoms with E-state index in [9.17, 15) is 20.0 Å². The molecule has 24 heavy (non-hydrogen) atoms. The summed E-state index contributed by atoms with van der Waals surface area (Å²) < 4.78 is 5.49. The van der Waals surface area contributed by atoms with E-state index >= 15 is 0 Å². The summed E-state index contributed by atoms with van der Waals surface area (Å²) in [4.78, 5) is 22.4. The second-order valence-corrected chi connectivity index (χ2v) is 5.75. The average Bonchev–Trinajstić information content (AvgIpc) is 2.56. The lowest BCUT2D eigenvalue weighted by atomic mass is 10.2. The van der Waals surface area contributed by atoms with Crippen molar-refractivity contribution < 1.29 is 19.6 Å². The van der Waals surface area contributed by atoms with Gasteiger partial charge in [-0.05, 0) is 31.2 Å². The van der Waals surface area contributed by atoms with E-state index in [0.29, 0.717) is 22.8 Å². The van der Waals surface area contributed by atoms with Crippen LogP contribution in [0.1, 0.15) is 12.5 Å². The number of carbonyl (C=O) groups is 1. The normalized spacial score (nSPS) is 11.1. The molecule has 0 amide bonds. The monoisotopic (exact) mass is 345 g/mol. The largest absolute Gasteiger partial charge is 0.493 e. The van der Waals surface area contributed by atoms with Gasteiger partial charge in [-0.15, -0.1) is 0 Å². The Bertz CT molecular complexity index is 771. The van der Waals surface area contributed by atoms with Crippen LogP contribution in [0.2, 0.25) is 0 Å². The summed E-state index contributed by atoms with van der Waals surface area (Å²) in [5.41, 5.74) is 0.619. The second-order valence-electron chi connectivity index (χ2n) is 4.64. The smallest absolute Gasteiger partial charge is 0.342 e. The number of hydrogen-bond acceptors (Lipinski definition) is 5. The number of nitro groups is 1. The van der Waals surface area contributed by atoms with E-state index in [1.54, 1.807) is 18.2 Å². The first kappa shape index (κ1) is 17.6.